The number of hydrogen-bond acceptors (Lipinski definition) is 4. The molecule has 2 aromatic rings. The van der Waals surface area contributed by atoms with Gasteiger partial charge < -0.3 is 15.5 Å². The second-order valence-electron chi connectivity index (χ2n) is 5.03. The van der Waals surface area contributed by atoms with Gasteiger partial charge in [-0.15, -0.1) is 11.3 Å². The Balaban J connectivity index is 1.96. The Morgan fingerprint density at radius 3 is 2.76 bits per heavy atom. The molecule has 2 unspecified atom stereocenters. The molecule has 3 nitrogen and oxygen atoms in total. The van der Waals surface area contributed by atoms with Crippen LogP contribution in [0.4, 0.5) is 0 Å². The number of halogens is 2. The third-order valence-corrected chi connectivity index (χ3v) is 4.95. The minimum atomic E-state index is -0.0981. The van der Waals surface area contributed by atoms with Crippen LogP contribution in [-0.4, -0.2) is 6.54 Å². The number of nitrogens with two attached hydrogens (primary N) is 1. The summed E-state index contributed by atoms with van der Waals surface area (Å²) in [6.45, 7) is 3.12. The van der Waals surface area contributed by atoms with Crippen LogP contribution in [0.25, 0.3) is 0 Å². The molecule has 6 heteroatoms. The van der Waals surface area contributed by atoms with E-state index in [1.54, 1.807) is 12.5 Å². The lowest BCUT2D eigenvalue weighted by Crippen LogP contribution is -2.23. The van der Waals surface area contributed by atoms with Crippen LogP contribution in [0, 0.1) is 0 Å². The molecular weight excluding hydrogens is 327 g/mol. The third kappa shape index (κ3) is 4.73. The van der Waals surface area contributed by atoms with Gasteiger partial charge in [-0.25, -0.2) is 0 Å². The zero-order chi connectivity index (χ0) is 15.2. The highest BCUT2D eigenvalue weighted by Crippen LogP contribution is 2.36. The molecule has 116 valence electrons. The fraction of sp³-hybridized carbons (Fsp3) is 0.467. The first-order chi connectivity index (χ1) is 10.1. The number of nitrogens with one attached hydrogen (secondary N) is 1. The lowest BCUT2D eigenvalue weighted by Gasteiger charge is -2.19. The van der Waals surface area contributed by atoms with E-state index in [2.05, 4.69) is 12.2 Å². The van der Waals surface area contributed by atoms with Crippen molar-refractivity contribution in [3.8, 4) is 0 Å². The minimum Gasteiger partial charge on any atom is -0.472 e. The highest BCUT2D eigenvalue weighted by Gasteiger charge is 2.17. The van der Waals surface area contributed by atoms with Gasteiger partial charge in [-0.2, -0.15) is 0 Å². The van der Waals surface area contributed by atoms with E-state index < -0.39 is 0 Å². The fourth-order valence-electron chi connectivity index (χ4n) is 2.29. The zero-order valence-corrected chi connectivity index (χ0v) is 14.3. The van der Waals surface area contributed by atoms with E-state index in [0.717, 1.165) is 36.9 Å². The van der Waals surface area contributed by atoms with Crippen molar-refractivity contribution in [2.45, 2.75) is 38.3 Å². The number of rotatable bonds is 8. The highest BCUT2D eigenvalue weighted by molar-refractivity contribution is 7.20. The van der Waals surface area contributed by atoms with Gasteiger partial charge in [-0.3, -0.25) is 0 Å². The molecule has 0 aliphatic heterocycles. The molecule has 0 aliphatic carbocycles. The molecule has 3 N–H and O–H groups in total. The summed E-state index contributed by atoms with van der Waals surface area (Å²) in [5.74, 6) is 0. The van der Waals surface area contributed by atoms with Gasteiger partial charge in [0.05, 0.1) is 21.2 Å². The Morgan fingerprint density at radius 2 is 2.19 bits per heavy atom. The second-order valence-corrected chi connectivity index (χ2v) is 7.31. The lowest BCUT2D eigenvalue weighted by atomic mass is 9.99. The normalized spacial score (nSPS) is 14.3. The van der Waals surface area contributed by atoms with E-state index in [1.165, 1.54) is 11.3 Å². The van der Waals surface area contributed by atoms with Crippen molar-refractivity contribution < 1.29 is 4.42 Å². The molecular formula is C15H20Cl2N2OS. The highest BCUT2D eigenvalue weighted by atomic mass is 35.5. The lowest BCUT2D eigenvalue weighted by molar-refractivity contribution is 0.454. The molecule has 0 aliphatic rings. The molecule has 0 radical (unpaired) electrons. The van der Waals surface area contributed by atoms with Crippen molar-refractivity contribution in [3.63, 3.8) is 0 Å². The van der Waals surface area contributed by atoms with Gasteiger partial charge in [-0.05, 0) is 43.5 Å². The van der Waals surface area contributed by atoms with Gasteiger partial charge in [0.2, 0.25) is 0 Å². The molecule has 2 atom stereocenters. The Kier molecular flexibility index (Phi) is 6.58. The van der Waals surface area contributed by atoms with Crippen LogP contribution in [0.2, 0.25) is 8.67 Å². The minimum absolute atomic E-state index is 0.0981. The Morgan fingerprint density at radius 1 is 1.38 bits per heavy atom. The number of thiophene rings is 1. The van der Waals surface area contributed by atoms with Gasteiger partial charge >= 0.3 is 0 Å². The average molecular weight is 347 g/mol. The molecule has 0 fully saturated rings. The summed E-state index contributed by atoms with van der Waals surface area (Å²) in [7, 11) is 0. The molecule has 2 heterocycles. The average Bonchev–Trinajstić information content (AvgIpc) is 3.08. The van der Waals surface area contributed by atoms with Gasteiger partial charge in [-0.1, -0.05) is 30.1 Å². The van der Waals surface area contributed by atoms with Crippen LogP contribution >= 0.6 is 34.5 Å². The van der Waals surface area contributed by atoms with Gasteiger partial charge in [0.25, 0.3) is 0 Å². The molecule has 2 aromatic heterocycles. The van der Waals surface area contributed by atoms with Crippen molar-refractivity contribution in [3.05, 3.63) is 44.5 Å². The fourth-order valence-corrected chi connectivity index (χ4v) is 3.88. The quantitative estimate of drug-likeness (QED) is 0.693. The van der Waals surface area contributed by atoms with Gasteiger partial charge in [0, 0.05) is 17.6 Å². The zero-order valence-electron chi connectivity index (χ0n) is 11.9. The Hall–Kier alpha value is -0.520. The van der Waals surface area contributed by atoms with Crippen LogP contribution in [0.5, 0.6) is 0 Å². The van der Waals surface area contributed by atoms with Crippen LogP contribution < -0.4 is 11.1 Å². The third-order valence-electron chi connectivity index (χ3n) is 3.44. The van der Waals surface area contributed by atoms with E-state index in [4.69, 9.17) is 33.4 Å². The van der Waals surface area contributed by atoms with Gasteiger partial charge in [0.15, 0.2) is 0 Å². The SMILES string of the molecule is CCCNC(CCC(N)c1cc(Cl)sc1Cl)c1ccoc1. The largest absolute Gasteiger partial charge is 0.472 e. The van der Waals surface area contributed by atoms with Crippen molar-refractivity contribution in [1.82, 2.24) is 5.32 Å². The summed E-state index contributed by atoms with van der Waals surface area (Å²) in [5, 5.41) is 3.53. The molecule has 0 saturated carbocycles. The second kappa shape index (κ2) is 8.20. The summed E-state index contributed by atoms with van der Waals surface area (Å²) in [5.41, 5.74) is 8.35. The smallest absolute Gasteiger partial charge is 0.0991 e. The molecule has 0 aromatic carbocycles. The number of furan rings is 1. The first-order valence-corrected chi connectivity index (χ1v) is 8.64. The number of hydrogen-bond donors (Lipinski definition) is 2. The van der Waals surface area contributed by atoms with Gasteiger partial charge in [0.1, 0.15) is 0 Å². The molecule has 21 heavy (non-hydrogen) atoms. The van der Waals surface area contributed by atoms with Crippen molar-refractivity contribution >= 4 is 34.5 Å². The predicted molar refractivity (Wildman–Crippen MR) is 90.2 cm³/mol. The van der Waals surface area contributed by atoms with Crippen LogP contribution in [0.1, 0.15) is 49.4 Å². The van der Waals surface area contributed by atoms with Crippen molar-refractivity contribution in [2.75, 3.05) is 6.54 Å². The summed E-state index contributed by atoms with van der Waals surface area (Å²) in [6.07, 6.45) is 6.33. The van der Waals surface area contributed by atoms with Crippen LogP contribution in [0.15, 0.2) is 29.1 Å². The summed E-state index contributed by atoms with van der Waals surface area (Å²) in [6, 6.07) is 4.01. The molecule has 0 saturated heterocycles. The Bertz CT molecular complexity index is 542. The van der Waals surface area contributed by atoms with Crippen molar-refractivity contribution in [2.24, 2.45) is 5.73 Å². The van der Waals surface area contributed by atoms with Crippen molar-refractivity contribution in [1.29, 1.82) is 0 Å². The summed E-state index contributed by atoms with van der Waals surface area (Å²) in [4.78, 5) is 0. The van der Waals surface area contributed by atoms with Crippen LogP contribution in [-0.2, 0) is 0 Å². The topological polar surface area (TPSA) is 51.2 Å². The van der Waals surface area contributed by atoms with E-state index >= 15 is 0 Å². The summed E-state index contributed by atoms with van der Waals surface area (Å²) < 4.78 is 6.55. The monoisotopic (exact) mass is 346 g/mol. The summed E-state index contributed by atoms with van der Waals surface area (Å²) >= 11 is 13.5. The Labute approximate surface area is 139 Å². The van der Waals surface area contributed by atoms with E-state index in [0.29, 0.717) is 8.67 Å². The molecule has 2 rings (SSSR count). The molecule has 0 spiro atoms. The first kappa shape index (κ1) is 16.8. The first-order valence-electron chi connectivity index (χ1n) is 7.07. The predicted octanol–water partition coefficient (Wildman–Crippen LogP) is 5.17. The maximum Gasteiger partial charge on any atom is 0.0991 e. The van der Waals surface area contributed by atoms with E-state index in [-0.39, 0.29) is 12.1 Å². The maximum absolute atomic E-state index is 6.25. The van der Waals surface area contributed by atoms with Crippen LogP contribution in [0.3, 0.4) is 0 Å². The standard InChI is InChI=1S/C15H20Cl2N2OS/c1-2-6-19-13(10-5-7-20-9-10)4-3-12(18)11-8-14(16)21-15(11)17/h5,7-9,12-13,19H,2-4,6,18H2,1H3. The van der Waals surface area contributed by atoms with E-state index in [9.17, 15) is 0 Å². The van der Waals surface area contributed by atoms with E-state index in [1.807, 2.05) is 12.1 Å². The molecule has 0 amide bonds. The maximum atomic E-state index is 6.25. The molecule has 0 bridgehead atoms.